The molecule has 0 heterocycles. The van der Waals surface area contributed by atoms with Gasteiger partial charge >= 0.3 is 0 Å². The molecule has 1 atom stereocenters. The Labute approximate surface area is 121 Å². The summed E-state index contributed by atoms with van der Waals surface area (Å²) in [5, 5.41) is 12.5. The molecule has 4 heteroatoms. The SMILES string of the molecule is CCC(C)(O)CNC(=O)COc1ccccc1C(C)C. The van der Waals surface area contributed by atoms with Gasteiger partial charge in [0.25, 0.3) is 5.91 Å². The highest BCUT2D eigenvalue weighted by Gasteiger charge is 2.18. The molecule has 0 aliphatic rings. The van der Waals surface area contributed by atoms with E-state index in [0.717, 1.165) is 11.3 Å². The van der Waals surface area contributed by atoms with Gasteiger partial charge in [-0.25, -0.2) is 0 Å². The highest BCUT2D eigenvalue weighted by atomic mass is 16.5. The lowest BCUT2D eigenvalue weighted by Gasteiger charge is -2.21. The molecule has 0 bridgehead atoms. The zero-order valence-electron chi connectivity index (χ0n) is 12.8. The first-order chi connectivity index (χ1) is 9.35. The van der Waals surface area contributed by atoms with Crippen LogP contribution in [-0.4, -0.2) is 29.8 Å². The number of nitrogens with one attached hydrogen (secondary N) is 1. The Morgan fingerprint density at radius 3 is 2.65 bits per heavy atom. The second-order valence-corrected chi connectivity index (χ2v) is 5.61. The maximum absolute atomic E-state index is 11.7. The van der Waals surface area contributed by atoms with Crippen LogP contribution in [0.4, 0.5) is 0 Å². The number of benzene rings is 1. The Kier molecular flexibility index (Phi) is 6.02. The van der Waals surface area contributed by atoms with Crippen LogP contribution in [-0.2, 0) is 4.79 Å². The number of ether oxygens (including phenoxy) is 1. The van der Waals surface area contributed by atoms with E-state index in [1.165, 1.54) is 0 Å². The summed E-state index contributed by atoms with van der Waals surface area (Å²) in [5.74, 6) is 0.854. The molecule has 0 spiro atoms. The molecule has 1 unspecified atom stereocenters. The van der Waals surface area contributed by atoms with Crippen LogP contribution in [0.1, 0.15) is 45.6 Å². The first kappa shape index (κ1) is 16.5. The van der Waals surface area contributed by atoms with Crippen molar-refractivity contribution >= 4 is 5.91 Å². The predicted molar refractivity (Wildman–Crippen MR) is 80.0 cm³/mol. The van der Waals surface area contributed by atoms with Crippen LogP contribution in [0.3, 0.4) is 0 Å². The molecule has 0 saturated heterocycles. The van der Waals surface area contributed by atoms with Gasteiger partial charge in [-0.3, -0.25) is 4.79 Å². The average molecular weight is 279 g/mol. The summed E-state index contributed by atoms with van der Waals surface area (Å²) in [6.07, 6.45) is 0.588. The second-order valence-electron chi connectivity index (χ2n) is 5.61. The molecule has 2 N–H and O–H groups in total. The Hall–Kier alpha value is -1.55. The van der Waals surface area contributed by atoms with E-state index in [1.807, 2.05) is 31.2 Å². The molecular weight excluding hydrogens is 254 g/mol. The molecule has 0 fully saturated rings. The van der Waals surface area contributed by atoms with E-state index in [9.17, 15) is 9.90 Å². The number of rotatable bonds is 7. The number of carbonyl (C=O) groups excluding carboxylic acids is 1. The Morgan fingerprint density at radius 1 is 1.40 bits per heavy atom. The van der Waals surface area contributed by atoms with E-state index in [1.54, 1.807) is 6.92 Å². The first-order valence-electron chi connectivity index (χ1n) is 7.06. The molecule has 0 radical (unpaired) electrons. The van der Waals surface area contributed by atoms with Gasteiger partial charge in [-0.05, 0) is 30.9 Å². The number of hydrogen-bond acceptors (Lipinski definition) is 3. The highest BCUT2D eigenvalue weighted by Crippen LogP contribution is 2.25. The van der Waals surface area contributed by atoms with Crippen molar-refractivity contribution in [2.24, 2.45) is 0 Å². The number of amides is 1. The molecule has 4 nitrogen and oxygen atoms in total. The van der Waals surface area contributed by atoms with Crippen molar-refractivity contribution in [3.63, 3.8) is 0 Å². The van der Waals surface area contributed by atoms with E-state index in [-0.39, 0.29) is 19.1 Å². The summed E-state index contributed by atoms with van der Waals surface area (Å²) in [4.78, 5) is 11.7. The van der Waals surface area contributed by atoms with E-state index in [4.69, 9.17) is 4.74 Å². The van der Waals surface area contributed by atoms with Gasteiger partial charge < -0.3 is 15.2 Å². The number of aliphatic hydroxyl groups is 1. The largest absolute Gasteiger partial charge is 0.483 e. The third-order valence-electron chi connectivity index (χ3n) is 3.33. The summed E-state index contributed by atoms with van der Waals surface area (Å²) in [6.45, 7) is 7.94. The van der Waals surface area contributed by atoms with Gasteiger partial charge in [-0.15, -0.1) is 0 Å². The van der Waals surface area contributed by atoms with Gasteiger partial charge in [-0.2, -0.15) is 0 Å². The maximum atomic E-state index is 11.7. The van der Waals surface area contributed by atoms with Crippen LogP contribution in [0.15, 0.2) is 24.3 Å². The number of carbonyl (C=O) groups is 1. The lowest BCUT2D eigenvalue weighted by Crippen LogP contribution is -2.41. The van der Waals surface area contributed by atoms with Crippen LogP contribution in [0, 0.1) is 0 Å². The quantitative estimate of drug-likeness (QED) is 0.806. The van der Waals surface area contributed by atoms with Crippen molar-refractivity contribution in [3.8, 4) is 5.75 Å². The van der Waals surface area contributed by atoms with Crippen molar-refractivity contribution in [2.45, 2.75) is 45.6 Å². The van der Waals surface area contributed by atoms with Gasteiger partial charge in [0.15, 0.2) is 6.61 Å². The monoisotopic (exact) mass is 279 g/mol. The van der Waals surface area contributed by atoms with E-state index in [0.29, 0.717) is 12.3 Å². The standard InChI is InChI=1S/C16H25NO3/c1-5-16(4,19)11-17-15(18)10-20-14-9-7-6-8-13(14)12(2)3/h6-9,12,19H,5,10-11H2,1-4H3,(H,17,18). The third-order valence-corrected chi connectivity index (χ3v) is 3.33. The summed E-state index contributed by atoms with van der Waals surface area (Å²) >= 11 is 0. The van der Waals surface area contributed by atoms with Crippen molar-refractivity contribution in [1.82, 2.24) is 5.32 Å². The van der Waals surface area contributed by atoms with Gasteiger partial charge in [0, 0.05) is 6.54 Å². The van der Waals surface area contributed by atoms with Gasteiger partial charge in [0.05, 0.1) is 5.60 Å². The fraction of sp³-hybridized carbons (Fsp3) is 0.562. The van der Waals surface area contributed by atoms with E-state index < -0.39 is 5.60 Å². The highest BCUT2D eigenvalue weighted by molar-refractivity contribution is 5.77. The fourth-order valence-corrected chi connectivity index (χ4v) is 1.70. The number of hydrogen-bond donors (Lipinski definition) is 2. The molecule has 0 aliphatic carbocycles. The third kappa shape index (κ3) is 5.21. The normalized spacial score (nSPS) is 13.9. The lowest BCUT2D eigenvalue weighted by atomic mass is 10.0. The Morgan fingerprint density at radius 2 is 2.05 bits per heavy atom. The molecule has 0 aromatic heterocycles. The maximum Gasteiger partial charge on any atom is 0.258 e. The summed E-state index contributed by atoms with van der Waals surface area (Å²) in [5.41, 5.74) is 0.215. The minimum atomic E-state index is -0.870. The summed E-state index contributed by atoms with van der Waals surface area (Å²) in [7, 11) is 0. The smallest absolute Gasteiger partial charge is 0.258 e. The second kappa shape index (κ2) is 7.29. The molecule has 20 heavy (non-hydrogen) atoms. The molecule has 1 aromatic carbocycles. The lowest BCUT2D eigenvalue weighted by molar-refractivity contribution is -0.124. The van der Waals surface area contributed by atoms with Crippen LogP contribution in [0.5, 0.6) is 5.75 Å². The fourth-order valence-electron chi connectivity index (χ4n) is 1.70. The van der Waals surface area contributed by atoms with Crippen LogP contribution in [0.2, 0.25) is 0 Å². The topological polar surface area (TPSA) is 58.6 Å². The molecule has 1 rings (SSSR count). The average Bonchev–Trinajstić information content (AvgIpc) is 2.43. The predicted octanol–water partition coefficient (Wildman–Crippen LogP) is 2.47. The van der Waals surface area contributed by atoms with Crippen molar-refractivity contribution in [2.75, 3.05) is 13.2 Å². The van der Waals surface area contributed by atoms with Gasteiger partial charge in [0.2, 0.25) is 0 Å². The zero-order valence-corrected chi connectivity index (χ0v) is 12.8. The molecule has 1 aromatic rings. The molecule has 1 amide bonds. The summed E-state index contributed by atoms with van der Waals surface area (Å²) < 4.78 is 5.57. The minimum absolute atomic E-state index is 0.0382. The molecular formula is C16H25NO3. The van der Waals surface area contributed by atoms with E-state index in [2.05, 4.69) is 19.2 Å². The van der Waals surface area contributed by atoms with Crippen LogP contribution >= 0.6 is 0 Å². The van der Waals surface area contributed by atoms with E-state index >= 15 is 0 Å². The van der Waals surface area contributed by atoms with Crippen LogP contribution < -0.4 is 10.1 Å². The Balaban J connectivity index is 2.49. The van der Waals surface area contributed by atoms with Gasteiger partial charge in [-0.1, -0.05) is 39.0 Å². The molecule has 112 valence electrons. The van der Waals surface area contributed by atoms with Crippen LogP contribution in [0.25, 0.3) is 0 Å². The van der Waals surface area contributed by atoms with Crippen molar-refractivity contribution < 1.29 is 14.6 Å². The Bertz CT molecular complexity index is 441. The van der Waals surface area contributed by atoms with Crippen molar-refractivity contribution in [3.05, 3.63) is 29.8 Å². The number of para-hydroxylation sites is 1. The molecule has 0 aliphatic heterocycles. The van der Waals surface area contributed by atoms with Gasteiger partial charge in [0.1, 0.15) is 5.75 Å². The molecule has 0 saturated carbocycles. The summed E-state index contributed by atoms with van der Waals surface area (Å²) in [6, 6.07) is 7.71. The first-order valence-corrected chi connectivity index (χ1v) is 7.06. The zero-order chi connectivity index (χ0) is 15.2. The van der Waals surface area contributed by atoms with Crippen molar-refractivity contribution in [1.29, 1.82) is 0 Å². The minimum Gasteiger partial charge on any atom is -0.483 e.